The van der Waals surface area contributed by atoms with Crippen LogP contribution in [0.5, 0.6) is 0 Å². The first kappa shape index (κ1) is 16.4. The SMILES string of the molecule is O=C1C[C@@H](Nc2ccc(N3CCCCC3)cc2)C(=O)N1C1CCCC1. The van der Waals surface area contributed by atoms with Crippen LogP contribution < -0.4 is 10.2 Å². The Morgan fingerprint density at radius 2 is 1.56 bits per heavy atom. The lowest BCUT2D eigenvalue weighted by atomic mass is 10.1. The molecule has 5 heteroatoms. The Bertz CT molecular complexity index is 631. The smallest absolute Gasteiger partial charge is 0.252 e. The monoisotopic (exact) mass is 341 g/mol. The molecule has 2 amide bonds. The van der Waals surface area contributed by atoms with E-state index in [0.29, 0.717) is 0 Å². The maximum Gasteiger partial charge on any atom is 0.252 e. The lowest BCUT2D eigenvalue weighted by molar-refractivity contribution is -0.141. The Balaban J connectivity index is 1.40. The molecule has 2 saturated heterocycles. The second-order valence-electron chi connectivity index (χ2n) is 7.54. The van der Waals surface area contributed by atoms with Gasteiger partial charge >= 0.3 is 0 Å². The zero-order valence-electron chi connectivity index (χ0n) is 14.7. The first-order chi connectivity index (χ1) is 12.2. The summed E-state index contributed by atoms with van der Waals surface area (Å²) >= 11 is 0. The number of piperidine rings is 1. The molecule has 1 saturated carbocycles. The van der Waals surface area contributed by atoms with Crippen LogP contribution >= 0.6 is 0 Å². The van der Waals surface area contributed by atoms with Crippen LogP contribution in [-0.4, -0.2) is 41.9 Å². The number of nitrogens with zero attached hydrogens (tertiary/aromatic N) is 2. The minimum Gasteiger partial charge on any atom is -0.373 e. The lowest BCUT2D eigenvalue weighted by Crippen LogP contribution is -2.40. The van der Waals surface area contributed by atoms with Crippen molar-refractivity contribution in [3.05, 3.63) is 24.3 Å². The molecule has 0 aromatic heterocycles. The number of anilines is 2. The van der Waals surface area contributed by atoms with Gasteiger partial charge in [0, 0.05) is 30.5 Å². The summed E-state index contributed by atoms with van der Waals surface area (Å²) < 4.78 is 0. The highest BCUT2D eigenvalue weighted by Gasteiger charge is 2.42. The standard InChI is InChI=1S/C20H27N3O2/c24-19-14-18(20(25)23(19)17-6-2-3-7-17)21-15-8-10-16(11-9-15)22-12-4-1-5-13-22/h8-11,17-18,21H,1-7,12-14H2/t18-/m1/s1. The normalized spacial score (nSPS) is 25.0. The van der Waals surface area contributed by atoms with Gasteiger partial charge in [0.1, 0.15) is 6.04 Å². The fourth-order valence-corrected chi connectivity index (χ4v) is 4.43. The van der Waals surface area contributed by atoms with Crippen LogP contribution in [0.3, 0.4) is 0 Å². The highest BCUT2D eigenvalue weighted by Crippen LogP contribution is 2.29. The van der Waals surface area contributed by atoms with Gasteiger partial charge in [0.05, 0.1) is 6.42 Å². The van der Waals surface area contributed by atoms with E-state index in [1.54, 1.807) is 0 Å². The second-order valence-corrected chi connectivity index (χ2v) is 7.54. The number of imide groups is 1. The number of hydrogen-bond donors (Lipinski definition) is 1. The van der Waals surface area contributed by atoms with Gasteiger partial charge in [-0.2, -0.15) is 0 Å². The predicted molar refractivity (Wildman–Crippen MR) is 98.6 cm³/mol. The van der Waals surface area contributed by atoms with Crippen molar-refractivity contribution in [2.24, 2.45) is 0 Å². The molecule has 5 nitrogen and oxygen atoms in total. The molecule has 134 valence electrons. The van der Waals surface area contributed by atoms with E-state index < -0.39 is 6.04 Å². The molecule has 0 bridgehead atoms. The summed E-state index contributed by atoms with van der Waals surface area (Å²) in [4.78, 5) is 28.9. The molecular weight excluding hydrogens is 314 g/mol. The van der Waals surface area contributed by atoms with Gasteiger partial charge in [-0.1, -0.05) is 12.8 Å². The fraction of sp³-hybridized carbons (Fsp3) is 0.600. The summed E-state index contributed by atoms with van der Waals surface area (Å²) in [6.45, 7) is 2.25. The van der Waals surface area contributed by atoms with Gasteiger partial charge in [0.2, 0.25) is 5.91 Å². The number of rotatable bonds is 4. The van der Waals surface area contributed by atoms with Crippen molar-refractivity contribution in [3.8, 4) is 0 Å². The molecule has 1 atom stereocenters. The van der Waals surface area contributed by atoms with Crippen molar-refractivity contribution in [1.82, 2.24) is 4.90 Å². The average Bonchev–Trinajstić information content (AvgIpc) is 3.25. The van der Waals surface area contributed by atoms with E-state index in [1.165, 1.54) is 29.8 Å². The maximum absolute atomic E-state index is 12.7. The minimum atomic E-state index is -0.408. The van der Waals surface area contributed by atoms with Gasteiger partial charge in [-0.15, -0.1) is 0 Å². The third-order valence-corrected chi connectivity index (χ3v) is 5.80. The predicted octanol–water partition coefficient (Wildman–Crippen LogP) is 3.16. The molecule has 2 heterocycles. The molecule has 3 aliphatic rings. The zero-order valence-corrected chi connectivity index (χ0v) is 14.7. The van der Waals surface area contributed by atoms with Crippen molar-refractivity contribution in [3.63, 3.8) is 0 Å². The van der Waals surface area contributed by atoms with Crippen LogP contribution in [0.15, 0.2) is 24.3 Å². The average molecular weight is 341 g/mol. The number of likely N-dealkylation sites (tertiary alicyclic amines) is 1. The lowest BCUT2D eigenvalue weighted by Gasteiger charge is -2.29. The number of nitrogens with one attached hydrogen (secondary N) is 1. The summed E-state index contributed by atoms with van der Waals surface area (Å²) in [5, 5.41) is 3.27. The Morgan fingerprint density at radius 3 is 2.24 bits per heavy atom. The second kappa shape index (κ2) is 7.06. The van der Waals surface area contributed by atoms with Crippen LogP contribution in [-0.2, 0) is 9.59 Å². The summed E-state index contributed by atoms with van der Waals surface area (Å²) in [7, 11) is 0. The third kappa shape index (κ3) is 3.37. The highest BCUT2D eigenvalue weighted by molar-refractivity contribution is 6.07. The van der Waals surface area contributed by atoms with Gasteiger partial charge in [-0.3, -0.25) is 14.5 Å². The summed E-state index contributed by atoms with van der Waals surface area (Å²) in [5.74, 6) is -0.0589. The number of benzene rings is 1. The van der Waals surface area contributed by atoms with Crippen LogP contribution in [0.2, 0.25) is 0 Å². The molecule has 4 rings (SSSR count). The Morgan fingerprint density at radius 1 is 0.880 bits per heavy atom. The molecule has 0 radical (unpaired) electrons. The summed E-state index contributed by atoms with van der Waals surface area (Å²) in [6, 6.07) is 8.01. The van der Waals surface area contributed by atoms with Gasteiger partial charge in [-0.05, 0) is 56.4 Å². The molecule has 0 spiro atoms. The first-order valence-corrected chi connectivity index (χ1v) is 9.70. The number of amides is 2. The van der Waals surface area contributed by atoms with E-state index in [0.717, 1.165) is 44.5 Å². The Labute approximate surface area is 149 Å². The summed E-state index contributed by atoms with van der Waals surface area (Å²) in [5.41, 5.74) is 2.16. The Hall–Kier alpha value is -2.04. The first-order valence-electron chi connectivity index (χ1n) is 9.70. The van der Waals surface area contributed by atoms with Crippen molar-refractivity contribution in [1.29, 1.82) is 0 Å². The van der Waals surface area contributed by atoms with Crippen molar-refractivity contribution in [2.75, 3.05) is 23.3 Å². The van der Waals surface area contributed by atoms with Gasteiger partial charge in [-0.25, -0.2) is 0 Å². The van der Waals surface area contributed by atoms with Crippen molar-refractivity contribution >= 4 is 23.2 Å². The van der Waals surface area contributed by atoms with E-state index >= 15 is 0 Å². The molecule has 25 heavy (non-hydrogen) atoms. The largest absolute Gasteiger partial charge is 0.373 e. The molecule has 3 fully saturated rings. The Kier molecular flexibility index (Phi) is 4.64. The molecule has 1 aliphatic carbocycles. The van der Waals surface area contributed by atoms with Crippen molar-refractivity contribution < 1.29 is 9.59 Å². The third-order valence-electron chi connectivity index (χ3n) is 5.80. The number of carbonyl (C=O) groups is 2. The summed E-state index contributed by atoms with van der Waals surface area (Å²) in [6.07, 6.45) is 8.30. The number of carbonyl (C=O) groups excluding carboxylic acids is 2. The van der Waals surface area contributed by atoms with Crippen LogP contribution in [0.4, 0.5) is 11.4 Å². The molecule has 1 N–H and O–H groups in total. The van der Waals surface area contributed by atoms with E-state index in [1.807, 2.05) is 12.1 Å². The van der Waals surface area contributed by atoms with Crippen LogP contribution in [0.25, 0.3) is 0 Å². The fourth-order valence-electron chi connectivity index (χ4n) is 4.43. The molecule has 1 aromatic carbocycles. The number of hydrogen-bond acceptors (Lipinski definition) is 4. The highest BCUT2D eigenvalue weighted by atomic mass is 16.2. The van der Waals surface area contributed by atoms with Gasteiger partial charge in [0.15, 0.2) is 0 Å². The maximum atomic E-state index is 12.7. The van der Waals surface area contributed by atoms with Gasteiger partial charge < -0.3 is 10.2 Å². The minimum absolute atomic E-state index is 0.0145. The van der Waals surface area contributed by atoms with E-state index in [9.17, 15) is 9.59 Å². The van der Waals surface area contributed by atoms with E-state index in [2.05, 4.69) is 22.3 Å². The van der Waals surface area contributed by atoms with E-state index in [4.69, 9.17) is 0 Å². The zero-order chi connectivity index (χ0) is 17.2. The molecule has 1 aromatic rings. The topological polar surface area (TPSA) is 52.7 Å². The van der Waals surface area contributed by atoms with Gasteiger partial charge in [0.25, 0.3) is 5.91 Å². The van der Waals surface area contributed by atoms with Crippen LogP contribution in [0.1, 0.15) is 51.4 Å². The molecule has 2 aliphatic heterocycles. The molecule has 0 unspecified atom stereocenters. The quantitative estimate of drug-likeness (QED) is 0.855. The molecular formula is C20H27N3O2. The van der Waals surface area contributed by atoms with Crippen LogP contribution in [0, 0.1) is 0 Å². The van der Waals surface area contributed by atoms with Crippen molar-refractivity contribution in [2.45, 2.75) is 63.5 Å². The van der Waals surface area contributed by atoms with E-state index in [-0.39, 0.29) is 24.3 Å².